The molecular formula is C17H22N2O2S. The van der Waals surface area contributed by atoms with Crippen molar-refractivity contribution in [2.75, 3.05) is 13.7 Å². The smallest absolute Gasteiger partial charge is 0.220 e. The summed E-state index contributed by atoms with van der Waals surface area (Å²) in [5.74, 6) is 0.941. The topological polar surface area (TPSA) is 51.2 Å². The Balaban J connectivity index is 1.86. The van der Waals surface area contributed by atoms with E-state index in [0.29, 0.717) is 12.8 Å². The van der Waals surface area contributed by atoms with E-state index >= 15 is 0 Å². The van der Waals surface area contributed by atoms with Crippen LogP contribution in [0.15, 0.2) is 29.6 Å². The number of ether oxygens (including phenoxy) is 1. The number of carbonyl (C=O) groups is 1. The van der Waals surface area contributed by atoms with E-state index in [1.807, 2.05) is 29.6 Å². The summed E-state index contributed by atoms with van der Waals surface area (Å²) in [4.78, 5) is 16.3. The van der Waals surface area contributed by atoms with Crippen molar-refractivity contribution in [3.63, 3.8) is 0 Å². The average molecular weight is 318 g/mol. The van der Waals surface area contributed by atoms with Gasteiger partial charge in [-0.1, -0.05) is 13.3 Å². The summed E-state index contributed by atoms with van der Waals surface area (Å²) in [7, 11) is 1.65. The summed E-state index contributed by atoms with van der Waals surface area (Å²) >= 11 is 1.61. The number of unbranched alkanes of at least 4 members (excludes halogenated alkanes) is 1. The predicted octanol–water partition coefficient (Wildman–Crippen LogP) is 3.67. The fourth-order valence-corrected chi connectivity index (χ4v) is 2.88. The van der Waals surface area contributed by atoms with Crippen molar-refractivity contribution >= 4 is 17.2 Å². The summed E-state index contributed by atoms with van der Waals surface area (Å²) in [5, 5.41) is 5.93. The Morgan fingerprint density at radius 3 is 2.77 bits per heavy atom. The lowest BCUT2D eigenvalue weighted by atomic mass is 10.2. The molecule has 0 aliphatic rings. The number of benzene rings is 1. The molecule has 0 spiro atoms. The highest BCUT2D eigenvalue weighted by atomic mass is 32.1. The van der Waals surface area contributed by atoms with Gasteiger partial charge in [-0.05, 0) is 37.1 Å². The van der Waals surface area contributed by atoms with E-state index in [9.17, 15) is 4.79 Å². The van der Waals surface area contributed by atoms with Gasteiger partial charge in [0, 0.05) is 23.9 Å². The van der Waals surface area contributed by atoms with E-state index in [1.165, 1.54) is 0 Å². The van der Waals surface area contributed by atoms with Gasteiger partial charge in [0.05, 0.1) is 12.8 Å². The van der Waals surface area contributed by atoms with Gasteiger partial charge in [-0.2, -0.15) is 0 Å². The van der Waals surface area contributed by atoms with E-state index in [2.05, 4.69) is 17.2 Å². The molecule has 0 unspecified atom stereocenters. The first-order valence-electron chi connectivity index (χ1n) is 7.58. The summed E-state index contributed by atoms with van der Waals surface area (Å²) in [5.41, 5.74) is 2.05. The molecule has 0 bridgehead atoms. The maximum Gasteiger partial charge on any atom is 0.220 e. The molecule has 4 nitrogen and oxygen atoms in total. The first-order chi connectivity index (χ1) is 10.7. The summed E-state index contributed by atoms with van der Waals surface area (Å²) in [6, 6.07) is 7.85. The molecule has 1 aromatic heterocycles. The predicted molar refractivity (Wildman–Crippen MR) is 90.3 cm³/mol. The van der Waals surface area contributed by atoms with Crippen LogP contribution in [0.1, 0.15) is 31.9 Å². The zero-order valence-electron chi connectivity index (χ0n) is 13.1. The number of amides is 1. The number of nitrogens with one attached hydrogen (secondary N) is 1. The Morgan fingerprint density at radius 2 is 2.09 bits per heavy atom. The molecular weight excluding hydrogens is 296 g/mol. The van der Waals surface area contributed by atoms with Crippen LogP contribution in [0.4, 0.5) is 0 Å². The first kappa shape index (κ1) is 16.5. The number of thiazole rings is 1. The Labute approximate surface area is 135 Å². The van der Waals surface area contributed by atoms with E-state index < -0.39 is 0 Å². The first-order valence-corrected chi connectivity index (χ1v) is 8.46. The molecule has 1 amide bonds. The van der Waals surface area contributed by atoms with Crippen molar-refractivity contribution < 1.29 is 9.53 Å². The SMILES string of the molecule is CCCCNC(=O)CCc1csc(-c2ccc(OC)cc2)n1. The number of rotatable bonds is 8. The zero-order valence-corrected chi connectivity index (χ0v) is 13.9. The minimum Gasteiger partial charge on any atom is -0.497 e. The molecule has 1 heterocycles. The standard InChI is InChI=1S/C17H22N2O2S/c1-3-4-11-18-16(20)10-7-14-12-22-17(19-14)13-5-8-15(21-2)9-6-13/h5-6,8-9,12H,3-4,7,10-11H2,1-2H3,(H,18,20). The highest BCUT2D eigenvalue weighted by Crippen LogP contribution is 2.26. The number of methoxy groups -OCH3 is 1. The number of nitrogens with zero attached hydrogens (tertiary/aromatic N) is 1. The second-order valence-electron chi connectivity index (χ2n) is 5.08. The van der Waals surface area contributed by atoms with Gasteiger partial charge in [0.2, 0.25) is 5.91 Å². The summed E-state index contributed by atoms with van der Waals surface area (Å²) in [6.45, 7) is 2.88. The van der Waals surface area contributed by atoms with Crippen molar-refractivity contribution in [1.82, 2.24) is 10.3 Å². The van der Waals surface area contributed by atoms with Crippen LogP contribution in [0.3, 0.4) is 0 Å². The molecule has 0 saturated heterocycles. The van der Waals surface area contributed by atoms with Crippen LogP contribution in [0.2, 0.25) is 0 Å². The normalized spacial score (nSPS) is 10.5. The number of hydrogen-bond donors (Lipinski definition) is 1. The molecule has 2 rings (SSSR count). The van der Waals surface area contributed by atoms with Crippen LogP contribution >= 0.6 is 11.3 Å². The molecule has 1 N–H and O–H groups in total. The average Bonchev–Trinajstić information content (AvgIpc) is 3.02. The maximum atomic E-state index is 11.7. The second kappa shape index (κ2) is 8.54. The van der Waals surface area contributed by atoms with Crippen molar-refractivity contribution in [1.29, 1.82) is 0 Å². The maximum absolute atomic E-state index is 11.7. The number of carbonyl (C=O) groups excluding carboxylic acids is 1. The van der Waals surface area contributed by atoms with E-state index in [0.717, 1.165) is 41.4 Å². The summed E-state index contributed by atoms with van der Waals surface area (Å²) in [6.07, 6.45) is 3.31. The third-order valence-electron chi connectivity index (χ3n) is 3.35. The lowest BCUT2D eigenvalue weighted by Crippen LogP contribution is -2.24. The number of hydrogen-bond acceptors (Lipinski definition) is 4. The molecule has 0 saturated carbocycles. The van der Waals surface area contributed by atoms with Crippen LogP contribution in [-0.2, 0) is 11.2 Å². The third kappa shape index (κ3) is 4.84. The molecule has 0 radical (unpaired) electrons. The van der Waals surface area contributed by atoms with E-state index in [-0.39, 0.29) is 5.91 Å². The van der Waals surface area contributed by atoms with Crippen molar-refractivity contribution in [2.45, 2.75) is 32.6 Å². The van der Waals surface area contributed by atoms with E-state index in [1.54, 1.807) is 18.4 Å². The molecule has 0 aliphatic carbocycles. The third-order valence-corrected chi connectivity index (χ3v) is 4.29. The molecule has 1 aromatic carbocycles. The molecule has 0 fully saturated rings. The molecule has 0 atom stereocenters. The van der Waals surface area contributed by atoms with Crippen LogP contribution in [-0.4, -0.2) is 24.5 Å². The molecule has 118 valence electrons. The minimum atomic E-state index is 0.104. The van der Waals surface area contributed by atoms with Gasteiger partial charge in [-0.15, -0.1) is 11.3 Å². The van der Waals surface area contributed by atoms with Crippen LogP contribution in [0.5, 0.6) is 5.75 Å². The van der Waals surface area contributed by atoms with Gasteiger partial charge in [0.25, 0.3) is 0 Å². The van der Waals surface area contributed by atoms with Crippen molar-refractivity contribution in [3.05, 3.63) is 35.3 Å². The molecule has 5 heteroatoms. The van der Waals surface area contributed by atoms with E-state index in [4.69, 9.17) is 4.74 Å². The van der Waals surface area contributed by atoms with Gasteiger partial charge >= 0.3 is 0 Å². The highest BCUT2D eigenvalue weighted by molar-refractivity contribution is 7.13. The Bertz CT molecular complexity index is 593. The quantitative estimate of drug-likeness (QED) is 0.756. The number of aromatic nitrogens is 1. The zero-order chi connectivity index (χ0) is 15.8. The van der Waals surface area contributed by atoms with Gasteiger partial charge in [-0.25, -0.2) is 4.98 Å². The largest absolute Gasteiger partial charge is 0.497 e. The van der Waals surface area contributed by atoms with Gasteiger partial charge in [0.15, 0.2) is 0 Å². The van der Waals surface area contributed by atoms with Crippen LogP contribution in [0.25, 0.3) is 10.6 Å². The Hall–Kier alpha value is -1.88. The highest BCUT2D eigenvalue weighted by Gasteiger charge is 2.07. The van der Waals surface area contributed by atoms with Crippen molar-refractivity contribution in [2.24, 2.45) is 0 Å². The monoisotopic (exact) mass is 318 g/mol. The summed E-state index contributed by atoms with van der Waals surface area (Å²) < 4.78 is 5.15. The van der Waals surface area contributed by atoms with Crippen LogP contribution in [0, 0.1) is 0 Å². The van der Waals surface area contributed by atoms with Crippen LogP contribution < -0.4 is 10.1 Å². The lowest BCUT2D eigenvalue weighted by molar-refractivity contribution is -0.121. The minimum absolute atomic E-state index is 0.104. The fraction of sp³-hybridized carbons (Fsp3) is 0.412. The van der Waals surface area contributed by atoms with Gasteiger partial charge in [-0.3, -0.25) is 4.79 Å². The Kier molecular flexibility index (Phi) is 6.40. The molecule has 2 aromatic rings. The fourth-order valence-electron chi connectivity index (χ4n) is 2.02. The Morgan fingerprint density at radius 1 is 1.32 bits per heavy atom. The van der Waals surface area contributed by atoms with Crippen molar-refractivity contribution in [3.8, 4) is 16.3 Å². The lowest BCUT2D eigenvalue weighted by Gasteiger charge is -2.02. The van der Waals surface area contributed by atoms with Gasteiger partial charge < -0.3 is 10.1 Å². The second-order valence-corrected chi connectivity index (χ2v) is 5.93. The molecule has 22 heavy (non-hydrogen) atoms. The molecule has 0 aliphatic heterocycles. The van der Waals surface area contributed by atoms with Gasteiger partial charge in [0.1, 0.15) is 10.8 Å². The number of aryl methyl sites for hydroxylation is 1.